The fourth-order valence-corrected chi connectivity index (χ4v) is 2.30. The first-order valence-corrected chi connectivity index (χ1v) is 6.75. The summed E-state index contributed by atoms with van der Waals surface area (Å²) in [4.78, 5) is 16.2. The molecule has 0 bridgehead atoms. The minimum atomic E-state index is -0.610. The molecule has 0 unspecified atom stereocenters. The van der Waals surface area contributed by atoms with E-state index in [0.29, 0.717) is 0 Å². The molecule has 1 aliphatic heterocycles. The van der Waals surface area contributed by atoms with Gasteiger partial charge in [0.25, 0.3) is 0 Å². The molecule has 1 aromatic rings. The van der Waals surface area contributed by atoms with Gasteiger partial charge in [0.1, 0.15) is 0 Å². The van der Waals surface area contributed by atoms with E-state index in [1.165, 1.54) is 5.69 Å². The Morgan fingerprint density at radius 3 is 2.11 bits per heavy atom. The maximum Gasteiger partial charge on any atom is 0.227 e. The van der Waals surface area contributed by atoms with Gasteiger partial charge in [-0.3, -0.25) is 4.79 Å². The number of nitrogens with two attached hydrogens (primary N) is 1. The van der Waals surface area contributed by atoms with Crippen LogP contribution >= 0.6 is 0 Å². The van der Waals surface area contributed by atoms with E-state index < -0.39 is 5.41 Å². The first-order chi connectivity index (χ1) is 8.91. The molecule has 2 N–H and O–H groups in total. The second-order valence-electron chi connectivity index (χ2n) is 5.83. The molecule has 104 valence electrons. The predicted octanol–water partition coefficient (Wildman–Crippen LogP) is 1.20. The molecule has 1 aliphatic rings. The zero-order valence-electron chi connectivity index (χ0n) is 12.0. The number of amides is 1. The molecule has 0 atom stereocenters. The standard InChI is InChI=1S/C15H23N3O/c1-15(2,14(16)19)12-4-6-13(7-5-12)18-10-8-17(3)9-11-18/h4-7H,8-11H2,1-3H3,(H2,16,19). The lowest BCUT2D eigenvalue weighted by Gasteiger charge is -2.34. The Kier molecular flexibility index (Phi) is 3.80. The molecule has 1 fully saturated rings. The van der Waals surface area contributed by atoms with Gasteiger partial charge in [0.05, 0.1) is 5.41 Å². The Hall–Kier alpha value is -1.55. The van der Waals surface area contributed by atoms with Gasteiger partial charge in [-0.05, 0) is 38.6 Å². The van der Waals surface area contributed by atoms with Crippen LogP contribution in [0.2, 0.25) is 0 Å². The van der Waals surface area contributed by atoms with E-state index in [9.17, 15) is 4.79 Å². The third kappa shape index (κ3) is 2.89. The maximum absolute atomic E-state index is 11.5. The number of likely N-dealkylation sites (N-methyl/N-ethyl adjacent to an activating group) is 1. The summed E-state index contributed by atoms with van der Waals surface area (Å²) in [5.41, 5.74) is 7.02. The Morgan fingerprint density at radius 2 is 1.63 bits per heavy atom. The highest BCUT2D eigenvalue weighted by Crippen LogP contribution is 2.25. The monoisotopic (exact) mass is 261 g/mol. The molecule has 4 nitrogen and oxygen atoms in total. The lowest BCUT2D eigenvalue weighted by atomic mass is 9.84. The molecule has 2 rings (SSSR count). The summed E-state index contributed by atoms with van der Waals surface area (Å²) in [6, 6.07) is 8.20. The number of carbonyl (C=O) groups is 1. The van der Waals surface area contributed by atoms with Gasteiger partial charge in [-0.2, -0.15) is 0 Å². The van der Waals surface area contributed by atoms with Gasteiger partial charge in [0.2, 0.25) is 5.91 Å². The summed E-state index contributed by atoms with van der Waals surface area (Å²) in [7, 11) is 2.15. The van der Waals surface area contributed by atoms with Crippen molar-refractivity contribution >= 4 is 11.6 Å². The van der Waals surface area contributed by atoms with Crippen molar-refractivity contribution in [3.8, 4) is 0 Å². The summed E-state index contributed by atoms with van der Waals surface area (Å²) in [6.45, 7) is 8.01. The van der Waals surface area contributed by atoms with Gasteiger partial charge in [-0.1, -0.05) is 12.1 Å². The fourth-order valence-electron chi connectivity index (χ4n) is 2.30. The van der Waals surface area contributed by atoms with Gasteiger partial charge < -0.3 is 15.5 Å². The van der Waals surface area contributed by atoms with Crippen LogP contribution in [-0.4, -0.2) is 44.0 Å². The van der Waals surface area contributed by atoms with Crippen molar-refractivity contribution < 1.29 is 4.79 Å². The SMILES string of the molecule is CN1CCN(c2ccc(C(C)(C)C(N)=O)cc2)CC1. The summed E-state index contributed by atoms with van der Waals surface area (Å²) >= 11 is 0. The molecule has 1 amide bonds. The smallest absolute Gasteiger partial charge is 0.227 e. The van der Waals surface area contributed by atoms with Crippen molar-refractivity contribution in [1.29, 1.82) is 0 Å². The number of hydrogen-bond donors (Lipinski definition) is 1. The van der Waals surface area contributed by atoms with Crippen LogP contribution in [0.4, 0.5) is 5.69 Å². The normalized spacial score (nSPS) is 17.5. The number of primary amides is 1. The van der Waals surface area contributed by atoms with Gasteiger partial charge >= 0.3 is 0 Å². The predicted molar refractivity (Wildman–Crippen MR) is 78.4 cm³/mol. The number of rotatable bonds is 3. The lowest BCUT2D eigenvalue weighted by Crippen LogP contribution is -2.44. The van der Waals surface area contributed by atoms with E-state index in [1.54, 1.807) is 0 Å². The van der Waals surface area contributed by atoms with E-state index >= 15 is 0 Å². The van der Waals surface area contributed by atoms with Crippen LogP contribution < -0.4 is 10.6 Å². The zero-order chi connectivity index (χ0) is 14.0. The van der Waals surface area contributed by atoms with Crippen LogP contribution in [-0.2, 0) is 10.2 Å². The van der Waals surface area contributed by atoms with Gasteiger partial charge in [0, 0.05) is 31.9 Å². The minimum Gasteiger partial charge on any atom is -0.369 e. The average molecular weight is 261 g/mol. The van der Waals surface area contributed by atoms with Crippen LogP contribution in [0.15, 0.2) is 24.3 Å². The number of nitrogens with zero attached hydrogens (tertiary/aromatic N) is 2. The second-order valence-corrected chi connectivity index (χ2v) is 5.83. The third-order valence-electron chi connectivity index (χ3n) is 4.07. The number of benzene rings is 1. The highest BCUT2D eigenvalue weighted by Gasteiger charge is 2.27. The molecule has 0 radical (unpaired) electrons. The number of carbonyl (C=O) groups excluding carboxylic acids is 1. The molecular weight excluding hydrogens is 238 g/mol. The van der Waals surface area contributed by atoms with Crippen LogP contribution in [0.5, 0.6) is 0 Å². The highest BCUT2D eigenvalue weighted by molar-refractivity contribution is 5.85. The topological polar surface area (TPSA) is 49.6 Å². The molecule has 0 saturated carbocycles. The Morgan fingerprint density at radius 1 is 1.11 bits per heavy atom. The first kappa shape index (κ1) is 13.9. The second kappa shape index (κ2) is 5.21. The van der Waals surface area contributed by atoms with Gasteiger partial charge in [0.15, 0.2) is 0 Å². The van der Waals surface area contributed by atoms with E-state index in [-0.39, 0.29) is 5.91 Å². The number of piperazine rings is 1. The molecule has 0 spiro atoms. The fraction of sp³-hybridized carbons (Fsp3) is 0.533. The Balaban J connectivity index is 2.13. The van der Waals surface area contributed by atoms with E-state index in [0.717, 1.165) is 31.7 Å². The Bertz CT molecular complexity index is 445. The van der Waals surface area contributed by atoms with Crippen LogP contribution in [0, 0.1) is 0 Å². The summed E-state index contributed by atoms with van der Waals surface area (Å²) < 4.78 is 0. The average Bonchev–Trinajstić information content (AvgIpc) is 2.39. The zero-order valence-corrected chi connectivity index (χ0v) is 12.0. The quantitative estimate of drug-likeness (QED) is 0.889. The van der Waals surface area contributed by atoms with Crippen molar-refractivity contribution in [1.82, 2.24) is 4.90 Å². The largest absolute Gasteiger partial charge is 0.369 e. The molecule has 1 heterocycles. The van der Waals surface area contributed by atoms with E-state index in [4.69, 9.17) is 5.73 Å². The maximum atomic E-state index is 11.5. The van der Waals surface area contributed by atoms with Crippen LogP contribution in [0.3, 0.4) is 0 Å². The van der Waals surface area contributed by atoms with Gasteiger partial charge in [-0.15, -0.1) is 0 Å². The first-order valence-electron chi connectivity index (χ1n) is 6.75. The molecule has 1 aromatic carbocycles. The van der Waals surface area contributed by atoms with Crippen molar-refractivity contribution in [3.05, 3.63) is 29.8 Å². The molecule has 19 heavy (non-hydrogen) atoms. The summed E-state index contributed by atoms with van der Waals surface area (Å²) in [5, 5.41) is 0. The Labute approximate surface area is 115 Å². The third-order valence-corrected chi connectivity index (χ3v) is 4.07. The van der Waals surface area contributed by atoms with Crippen LogP contribution in [0.1, 0.15) is 19.4 Å². The summed E-state index contributed by atoms with van der Waals surface area (Å²) in [6.07, 6.45) is 0. The molecule has 0 aliphatic carbocycles. The molecular formula is C15H23N3O. The highest BCUT2D eigenvalue weighted by atomic mass is 16.1. The minimum absolute atomic E-state index is 0.292. The van der Waals surface area contributed by atoms with E-state index in [1.807, 2.05) is 26.0 Å². The molecule has 1 saturated heterocycles. The van der Waals surface area contributed by atoms with Crippen molar-refractivity contribution in [2.75, 3.05) is 38.1 Å². The summed E-state index contributed by atoms with van der Waals surface area (Å²) in [5.74, 6) is -0.292. The molecule has 4 heteroatoms. The van der Waals surface area contributed by atoms with Crippen molar-refractivity contribution in [2.45, 2.75) is 19.3 Å². The van der Waals surface area contributed by atoms with Crippen molar-refractivity contribution in [2.24, 2.45) is 5.73 Å². The van der Waals surface area contributed by atoms with Gasteiger partial charge in [-0.25, -0.2) is 0 Å². The van der Waals surface area contributed by atoms with Crippen molar-refractivity contribution in [3.63, 3.8) is 0 Å². The lowest BCUT2D eigenvalue weighted by molar-refractivity contribution is -0.122. The van der Waals surface area contributed by atoms with E-state index in [2.05, 4.69) is 29.0 Å². The van der Waals surface area contributed by atoms with Crippen LogP contribution in [0.25, 0.3) is 0 Å². The number of anilines is 1. The number of hydrogen-bond acceptors (Lipinski definition) is 3. The molecule has 0 aromatic heterocycles.